The minimum Gasteiger partial charge on any atom is -0.314 e. The minimum absolute atomic E-state index is 0.764. The number of rotatable bonds is 4. The molecule has 1 heteroatoms. The van der Waals surface area contributed by atoms with Crippen LogP contribution in [0.3, 0.4) is 0 Å². The van der Waals surface area contributed by atoms with E-state index in [1.807, 2.05) is 0 Å². The van der Waals surface area contributed by atoms with Gasteiger partial charge in [-0.05, 0) is 56.9 Å². The fourth-order valence-corrected chi connectivity index (χ4v) is 3.72. The number of nitrogens with one attached hydrogen (secondary N) is 1. The summed E-state index contributed by atoms with van der Waals surface area (Å²) in [5.74, 6) is 2.91. The van der Waals surface area contributed by atoms with Crippen molar-refractivity contribution in [2.75, 3.05) is 6.54 Å². The van der Waals surface area contributed by atoms with E-state index in [1.165, 1.54) is 57.9 Å². The molecule has 0 amide bonds. The molecule has 3 atom stereocenters. The molecule has 2 fully saturated rings. The van der Waals surface area contributed by atoms with Gasteiger partial charge in [0, 0.05) is 6.04 Å². The van der Waals surface area contributed by atoms with Crippen molar-refractivity contribution in [1.82, 2.24) is 5.32 Å². The van der Waals surface area contributed by atoms with Crippen molar-refractivity contribution in [3.63, 3.8) is 0 Å². The van der Waals surface area contributed by atoms with Gasteiger partial charge in [0.25, 0.3) is 0 Å². The van der Waals surface area contributed by atoms with Gasteiger partial charge in [-0.25, -0.2) is 0 Å². The highest BCUT2D eigenvalue weighted by Gasteiger charge is 2.23. The third kappa shape index (κ3) is 3.48. The summed E-state index contributed by atoms with van der Waals surface area (Å²) in [7, 11) is 0. The van der Waals surface area contributed by atoms with E-state index in [4.69, 9.17) is 0 Å². The molecule has 2 aliphatic carbocycles. The second kappa shape index (κ2) is 6.05. The molecule has 1 nitrogen and oxygen atoms in total. The summed E-state index contributed by atoms with van der Waals surface area (Å²) in [6, 6.07) is 0.764. The summed E-state index contributed by atoms with van der Waals surface area (Å²) in [5, 5.41) is 3.81. The lowest BCUT2D eigenvalue weighted by molar-refractivity contribution is 0.256. The molecule has 0 spiro atoms. The van der Waals surface area contributed by atoms with Crippen LogP contribution in [0.1, 0.15) is 65.2 Å². The maximum atomic E-state index is 3.81. The first-order chi connectivity index (χ1) is 7.75. The highest BCUT2D eigenvalue weighted by molar-refractivity contribution is 4.79. The Labute approximate surface area is 101 Å². The molecular formula is C15H29N. The summed E-state index contributed by atoms with van der Waals surface area (Å²) < 4.78 is 0. The fourth-order valence-electron chi connectivity index (χ4n) is 3.72. The zero-order chi connectivity index (χ0) is 11.4. The highest BCUT2D eigenvalue weighted by Crippen LogP contribution is 2.30. The summed E-state index contributed by atoms with van der Waals surface area (Å²) >= 11 is 0. The molecule has 1 N–H and O–H groups in total. The Morgan fingerprint density at radius 1 is 1.06 bits per heavy atom. The predicted molar refractivity (Wildman–Crippen MR) is 70.5 cm³/mol. The van der Waals surface area contributed by atoms with Gasteiger partial charge in [0.1, 0.15) is 0 Å². The molecular weight excluding hydrogens is 194 g/mol. The van der Waals surface area contributed by atoms with Crippen molar-refractivity contribution < 1.29 is 0 Å². The molecule has 0 aromatic carbocycles. The van der Waals surface area contributed by atoms with Gasteiger partial charge >= 0.3 is 0 Å². The normalized spacial score (nSPS) is 34.1. The van der Waals surface area contributed by atoms with E-state index in [2.05, 4.69) is 19.2 Å². The summed E-state index contributed by atoms with van der Waals surface area (Å²) in [6.45, 7) is 6.11. The van der Waals surface area contributed by atoms with Crippen molar-refractivity contribution in [2.45, 2.75) is 71.3 Å². The largest absolute Gasteiger partial charge is 0.314 e. The van der Waals surface area contributed by atoms with Gasteiger partial charge in [0.05, 0.1) is 0 Å². The van der Waals surface area contributed by atoms with E-state index in [9.17, 15) is 0 Å². The fraction of sp³-hybridized carbons (Fsp3) is 1.00. The van der Waals surface area contributed by atoms with E-state index in [0.717, 1.165) is 23.8 Å². The van der Waals surface area contributed by atoms with Crippen LogP contribution in [0.5, 0.6) is 0 Å². The Hall–Kier alpha value is -0.0400. The van der Waals surface area contributed by atoms with Gasteiger partial charge in [-0.3, -0.25) is 0 Å². The van der Waals surface area contributed by atoms with E-state index in [-0.39, 0.29) is 0 Å². The predicted octanol–water partition coefficient (Wildman–Crippen LogP) is 3.98. The van der Waals surface area contributed by atoms with Crippen LogP contribution in [0.2, 0.25) is 0 Å². The summed E-state index contributed by atoms with van der Waals surface area (Å²) in [6.07, 6.45) is 11.7. The lowest BCUT2D eigenvalue weighted by Crippen LogP contribution is -2.37. The maximum Gasteiger partial charge on any atom is 0.00671 e. The van der Waals surface area contributed by atoms with Gasteiger partial charge < -0.3 is 5.32 Å². The maximum absolute atomic E-state index is 3.81. The van der Waals surface area contributed by atoms with E-state index < -0.39 is 0 Å². The monoisotopic (exact) mass is 223 g/mol. The average Bonchev–Trinajstić information content (AvgIpc) is 2.79. The standard InChI is InChI=1S/C15H29N/c1-12-6-5-7-14(10-12)11-16-13(2)15-8-3-4-9-15/h12-16H,3-11H2,1-2H3/t12?,13-,14?/m1/s1. The molecule has 0 saturated heterocycles. The molecule has 2 rings (SSSR count). The van der Waals surface area contributed by atoms with Crippen molar-refractivity contribution in [3.05, 3.63) is 0 Å². The molecule has 0 radical (unpaired) electrons. The molecule has 2 aliphatic rings. The smallest absolute Gasteiger partial charge is 0.00671 e. The van der Waals surface area contributed by atoms with Crippen molar-refractivity contribution in [2.24, 2.45) is 17.8 Å². The molecule has 0 bridgehead atoms. The lowest BCUT2D eigenvalue weighted by Gasteiger charge is -2.29. The Morgan fingerprint density at radius 2 is 1.81 bits per heavy atom. The Balaban J connectivity index is 1.65. The zero-order valence-corrected chi connectivity index (χ0v) is 11.2. The van der Waals surface area contributed by atoms with Crippen molar-refractivity contribution in [3.8, 4) is 0 Å². The van der Waals surface area contributed by atoms with Gasteiger partial charge in [-0.15, -0.1) is 0 Å². The quantitative estimate of drug-likeness (QED) is 0.760. The van der Waals surface area contributed by atoms with Gasteiger partial charge in [0.15, 0.2) is 0 Å². The molecule has 16 heavy (non-hydrogen) atoms. The van der Waals surface area contributed by atoms with E-state index >= 15 is 0 Å². The Kier molecular flexibility index (Phi) is 4.69. The van der Waals surface area contributed by atoms with Gasteiger partial charge in [-0.2, -0.15) is 0 Å². The third-order valence-electron chi connectivity index (χ3n) is 4.88. The molecule has 0 aromatic heterocycles. The number of hydrogen-bond acceptors (Lipinski definition) is 1. The number of hydrogen-bond donors (Lipinski definition) is 1. The van der Waals surface area contributed by atoms with E-state index in [1.54, 1.807) is 0 Å². The van der Waals surface area contributed by atoms with Crippen molar-refractivity contribution in [1.29, 1.82) is 0 Å². The van der Waals surface area contributed by atoms with Crippen LogP contribution >= 0.6 is 0 Å². The van der Waals surface area contributed by atoms with Crippen LogP contribution in [-0.2, 0) is 0 Å². The minimum atomic E-state index is 0.764. The molecule has 2 saturated carbocycles. The second-order valence-corrected chi connectivity index (χ2v) is 6.38. The highest BCUT2D eigenvalue weighted by atomic mass is 14.9. The molecule has 2 unspecified atom stereocenters. The SMILES string of the molecule is CC1CCCC(CN[C@H](C)C2CCCC2)C1. The first-order valence-electron chi connectivity index (χ1n) is 7.49. The molecule has 0 aliphatic heterocycles. The van der Waals surface area contributed by atoms with Crippen LogP contribution in [0.25, 0.3) is 0 Å². The second-order valence-electron chi connectivity index (χ2n) is 6.38. The molecule has 0 aromatic rings. The first kappa shape index (κ1) is 12.4. The van der Waals surface area contributed by atoms with Crippen molar-refractivity contribution >= 4 is 0 Å². The Bertz CT molecular complexity index is 194. The van der Waals surface area contributed by atoms with Crippen LogP contribution in [0, 0.1) is 17.8 Å². The van der Waals surface area contributed by atoms with Crippen LogP contribution in [0.4, 0.5) is 0 Å². The van der Waals surface area contributed by atoms with Crippen LogP contribution in [0.15, 0.2) is 0 Å². The topological polar surface area (TPSA) is 12.0 Å². The Morgan fingerprint density at radius 3 is 2.50 bits per heavy atom. The van der Waals surface area contributed by atoms with Crippen LogP contribution in [-0.4, -0.2) is 12.6 Å². The summed E-state index contributed by atoms with van der Waals surface area (Å²) in [4.78, 5) is 0. The molecule has 0 heterocycles. The van der Waals surface area contributed by atoms with Gasteiger partial charge in [0.2, 0.25) is 0 Å². The molecule has 94 valence electrons. The first-order valence-corrected chi connectivity index (χ1v) is 7.49. The lowest BCUT2D eigenvalue weighted by atomic mass is 9.82. The summed E-state index contributed by atoms with van der Waals surface area (Å²) in [5.41, 5.74) is 0. The van der Waals surface area contributed by atoms with E-state index in [0.29, 0.717) is 0 Å². The van der Waals surface area contributed by atoms with Crippen LogP contribution < -0.4 is 5.32 Å². The van der Waals surface area contributed by atoms with Gasteiger partial charge in [-0.1, -0.05) is 32.6 Å². The third-order valence-corrected chi connectivity index (χ3v) is 4.88. The zero-order valence-electron chi connectivity index (χ0n) is 11.2. The average molecular weight is 223 g/mol.